The van der Waals surface area contributed by atoms with Gasteiger partial charge in [-0.05, 0) is 25.5 Å². The number of nitrogens with one attached hydrogen (secondary N) is 2. The molecule has 0 spiro atoms. The summed E-state index contributed by atoms with van der Waals surface area (Å²) in [5.41, 5.74) is 1.13. The Morgan fingerprint density at radius 1 is 1.35 bits per heavy atom. The average molecular weight is 316 g/mol. The van der Waals surface area contributed by atoms with E-state index >= 15 is 0 Å². The smallest absolute Gasteiger partial charge is 0.191 e. The largest absolute Gasteiger partial charge is 0.489 e. The number of benzene rings is 1. The third kappa shape index (κ3) is 4.98. The highest BCUT2D eigenvalue weighted by Gasteiger charge is 2.08. The second-order valence-electron chi connectivity index (χ2n) is 5.36. The predicted molar refractivity (Wildman–Crippen MR) is 90.5 cm³/mol. The molecule has 1 atom stereocenters. The van der Waals surface area contributed by atoms with Crippen molar-refractivity contribution in [3.8, 4) is 5.75 Å². The van der Waals surface area contributed by atoms with Crippen molar-refractivity contribution in [1.82, 2.24) is 25.4 Å². The van der Waals surface area contributed by atoms with Crippen molar-refractivity contribution in [3.63, 3.8) is 0 Å². The standard InChI is InChI=1S/C16H24N6O/c1-12-7-5-6-8-14(12)23-13(2)9-18-16(17-3)19-10-15-21-20-11-22(15)4/h5-8,11,13H,9-10H2,1-4H3,(H2,17,18,19). The van der Waals surface area contributed by atoms with Crippen LogP contribution in [0.4, 0.5) is 0 Å². The van der Waals surface area contributed by atoms with Gasteiger partial charge in [-0.2, -0.15) is 0 Å². The molecular weight excluding hydrogens is 292 g/mol. The van der Waals surface area contributed by atoms with E-state index in [1.54, 1.807) is 13.4 Å². The van der Waals surface area contributed by atoms with Crippen molar-refractivity contribution < 1.29 is 4.74 Å². The lowest BCUT2D eigenvalue weighted by Gasteiger charge is -2.18. The number of para-hydroxylation sites is 1. The van der Waals surface area contributed by atoms with Gasteiger partial charge in [-0.25, -0.2) is 0 Å². The molecule has 0 aliphatic carbocycles. The number of rotatable bonds is 6. The molecular formula is C16H24N6O. The van der Waals surface area contributed by atoms with Gasteiger partial charge in [0, 0.05) is 14.1 Å². The molecule has 1 unspecified atom stereocenters. The molecule has 0 saturated heterocycles. The number of aromatic nitrogens is 3. The summed E-state index contributed by atoms with van der Waals surface area (Å²) >= 11 is 0. The first-order chi connectivity index (χ1) is 11.1. The number of aliphatic imine (C=N–C) groups is 1. The van der Waals surface area contributed by atoms with Gasteiger partial charge in [0.1, 0.15) is 18.2 Å². The number of guanidine groups is 1. The molecule has 124 valence electrons. The number of hydrogen-bond acceptors (Lipinski definition) is 4. The summed E-state index contributed by atoms with van der Waals surface area (Å²) in [4.78, 5) is 4.20. The maximum atomic E-state index is 5.94. The number of ether oxygens (including phenoxy) is 1. The van der Waals surface area contributed by atoms with Crippen LogP contribution < -0.4 is 15.4 Å². The minimum atomic E-state index is 0.0180. The van der Waals surface area contributed by atoms with E-state index in [1.165, 1.54) is 0 Å². The number of nitrogens with zero attached hydrogens (tertiary/aromatic N) is 4. The Morgan fingerprint density at radius 3 is 2.78 bits per heavy atom. The maximum absolute atomic E-state index is 5.94. The molecule has 0 amide bonds. The Morgan fingerprint density at radius 2 is 2.13 bits per heavy atom. The number of aryl methyl sites for hydroxylation is 2. The highest BCUT2D eigenvalue weighted by atomic mass is 16.5. The van der Waals surface area contributed by atoms with Crippen LogP contribution in [0.15, 0.2) is 35.6 Å². The van der Waals surface area contributed by atoms with Crippen molar-refractivity contribution in [2.24, 2.45) is 12.0 Å². The third-order valence-corrected chi connectivity index (χ3v) is 3.42. The van der Waals surface area contributed by atoms with Crippen molar-refractivity contribution >= 4 is 5.96 Å². The summed E-state index contributed by atoms with van der Waals surface area (Å²) in [5.74, 6) is 2.45. The topological polar surface area (TPSA) is 76.4 Å². The lowest BCUT2D eigenvalue weighted by Crippen LogP contribution is -2.41. The fourth-order valence-electron chi connectivity index (χ4n) is 2.04. The van der Waals surface area contributed by atoms with E-state index in [4.69, 9.17) is 4.74 Å². The zero-order valence-corrected chi connectivity index (χ0v) is 14.1. The lowest BCUT2D eigenvalue weighted by molar-refractivity contribution is 0.222. The summed E-state index contributed by atoms with van der Waals surface area (Å²) < 4.78 is 7.80. The maximum Gasteiger partial charge on any atom is 0.191 e. The Hall–Kier alpha value is -2.57. The highest BCUT2D eigenvalue weighted by molar-refractivity contribution is 5.79. The van der Waals surface area contributed by atoms with Crippen LogP contribution in [0.5, 0.6) is 5.75 Å². The van der Waals surface area contributed by atoms with E-state index in [9.17, 15) is 0 Å². The molecule has 0 fully saturated rings. The minimum Gasteiger partial charge on any atom is -0.489 e. The fourth-order valence-corrected chi connectivity index (χ4v) is 2.04. The molecule has 0 aliphatic rings. The third-order valence-electron chi connectivity index (χ3n) is 3.42. The zero-order chi connectivity index (χ0) is 16.7. The van der Waals surface area contributed by atoms with Crippen LogP contribution in [-0.2, 0) is 13.6 Å². The highest BCUT2D eigenvalue weighted by Crippen LogP contribution is 2.17. The van der Waals surface area contributed by atoms with E-state index in [0.717, 1.165) is 17.1 Å². The van der Waals surface area contributed by atoms with Gasteiger partial charge in [0.05, 0.1) is 13.1 Å². The predicted octanol–water partition coefficient (Wildman–Crippen LogP) is 1.26. The summed E-state index contributed by atoms with van der Waals surface area (Å²) in [5, 5.41) is 14.3. The first-order valence-electron chi connectivity index (χ1n) is 7.60. The summed E-state index contributed by atoms with van der Waals surface area (Å²) in [6, 6.07) is 8.00. The Labute approximate surface area is 136 Å². The van der Waals surface area contributed by atoms with E-state index in [2.05, 4.69) is 25.8 Å². The molecule has 7 nitrogen and oxygen atoms in total. The summed E-state index contributed by atoms with van der Waals surface area (Å²) in [6.07, 6.45) is 1.69. The minimum absolute atomic E-state index is 0.0180. The lowest BCUT2D eigenvalue weighted by atomic mass is 10.2. The van der Waals surface area contributed by atoms with Gasteiger partial charge in [0.2, 0.25) is 0 Å². The molecule has 0 aliphatic heterocycles. The second-order valence-corrected chi connectivity index (χ2v) is 5.36. The van der Waals surface area contributed by atoms with Crippen molar-refractivity contribution in [2.45, 2.75) is 26.5 Å². The molecule has 0 bridgehead atoms. The molecule has 2 aromatic rings. The molecule has 0 saturated carbocycles. The monoisotopic (exact) mass is 316 g/mol. The summed E-state index contributed by atoms with van der Waals surface area (Å²) in [6.45, 7) is 5.27. The van der Waals surface area contributed by atoms with E-state index < -0.39 is 0 Å². The molecule has 2 rings (SSSR count). The van der Waals surface area contributed by atoms with Crippen LogP contribution in [0.2, 0.25) is 0 Å². The molecule has 1 aromatic heterocycles. The summed E-state index contributed by atoms with van der Waals surface area (Å²) in [7, 11) is 3.64. The van der Waals surface area contributed by atoms with Crippen molar-refractivity contribution in [2.75, 3.05) is 13.6 Å². The van der Waals surface area contributed by atoms with Crippen molar-refractivity contribution in [1.29, 1.82) is 0 Å². The molecule has 2 N–H and O–H groups in total. The van der Waals surface area contributed by atoms with Gasteiger partial charge in [0.25, 0.3) is 0 Å². The van der Waals surface area contributed by atoms with Gasteiger partial charge in [-0.3, -0.25) is 4.99 Å². The Balaban J connectivity index is 1.79. The fraction of sp³-hybridized carbons (Fsp3) is 0.438. The van der Waals surface area contributed by atoms with E-state index in [1.807, 2.05) is 49.7 Å². The quantitative estimate of drug-likeness (QED) is 0.620. The van der Waals surface area contributed by atoms with Crippen LogP contribution in [0.25, 0.3) is 0 Å². The van der Waals surface area contributed by atoms with Gasteiger partial charge >= 0.3 is 0 Å². The molecule has 0 radical (unpaired) electrons. The molecule has 1 aromatic carbocycles. The average Bonchev–Trinajstić information content (AvgIpc) is 2.95. The van der Waals surface area contributed by atoms with Crippen molar-refractivity contribution in [3.05, 3.63) is 42.0 Å². The normalized spacial score (nSPS) is 12.8. The molecule has 1 heterocycles. The van der Waals surface area contributed by atoms with Gasteiger partial charge in [-0.1, -0.05) is 18.2 Å². The van der Waals surface area contributed by atoms with Crippen LogP contribution in [0, 0.1) is 6.92 Å². The zero-order valence-electron chi connectivity index (χ0n) is 14.1. The Bertz CT molecular complexity index is 652. The molecule has 7 heteroatoms. The first kappa shape index (κ1) is 16.8. The van der Waals surface area contributed by atoms with Gasteiger partial charge in [-0.15, -0.1) is 10.2 Å². The second kappa shape index (κ2) is 8.17. The van der Waals surface area contributed by atoms with Crippen LogP contribution in [0.1, 0.15) is 18.3 Å². The Kier molecular flexibility index (Phi) is 5.96. The van der Waals surface area contributed by atoms with Crippen LogP contribution >= 0.6 is 0 Å². The first-order valence-corrected chi connectivity index (χ1v) is 7.60. The van der Waals surface area contributed by atoms with E-state index in [0.29, 0.717) is 19.0 Å². The molecule has 23 heavy (non-hydrogen) atoms. The van der Waals surface area contributed by atoms with Gasteiger partial charge in [0.15, 0.2) is 11.8 Å². The van der Waals surface area contributed by atoms with Crippen LogP contribution in [0.3, 0.4) is 0 Å². The number of hydrogen-bond donors (Lipinski definition) is 2. The van der Waals surface area contributed by atoms with Crippen LogP contribution in [-0.4, -0.2) is 40.4 Å². The van der Waals surface area contributed by atoms with Gasteiger partial charge < -0.3 is 19.9 Å². The SMILES string of the molecule is CN=C(NCc1nncn1C)NCC(C)Oc1ccccc1C. The van der Waals surface area contributed by atoms with E-state index in [-0.39, 0.29) is 6.10 Å².